The number of ether oxygens (including phenoxy) is 1. The molecule has 0 spiro atoms. The van der Waals surface area contributed by atoms with Crippen molar-refractivity contribution in [3.05, 3.63) is 54.4 Å². The quantitative estimate of drug-likeness (QED) is 0.722. The van der Waals surface area contributed by atoms with E-state index in [0.717, 1.165) is 16.7 Å². The monoisotopic (exact) mass is 323 g/mol. The van der Waals surface area contributed by atoms with E-state index in [0.29, 0.717) is 24.4 Å². The molecule has 0 fully saturated rings. The van der Waals surface area contributed by atoms with Crippen LogP contribution in [0.5, 0.6) is 5.75 Å². The number of aromatic nitrogens is 2. The summed E-state index contributed by atoms with van der Waals surface area (Å²) in [6, 6.07) is 11.5. The van der Waals surface area contributed by atoms with Crippen molar-refractivity contribution in [1.82, 2.24) is 14.5 Å². The molecule has 5 nitrogen and oxygen atoms in total. The number of amides is 1. The average molecular weight is 323 g/mol. The number of carbonyl (C=O) groups is 1. The second-order valence-corrected chi connectivity index (χ2v) is 5.47. The molecule has 124 valence electrons. The van der Waals surface area contributed by atoms with Crippen LogP contribution in [0.2, 0.25) is 0 Å². The summed E-state index contributed by atoms with van der Waals surface area (Å²) in [5.74, 6) is 0.663. The third kappa shape index (κ3) is 2.73. The Morgan fingerprint density at radius 1 is 1.21 bits per heavy atom. The molecule has 3 aromatic rings. The van der Waals surface area contributed by atoms with Gasteiger partial charge < -0.3 is 9.64 Å². The van der Waals surface area contributed by atoms with Gasteiger partial charge in [0.15, 0.2) is 0 Å². The maximum absolute atomic E-state index is 12.5. The molecule has 2 aromatic heterocycles. The predicted molar refractivity (Wildman–Crippen MR) is 94.9 cm³/mol. The van der Waals surface area contributed by atoms with Crippen molar-refractivity contribution in [2.75, 3.05) is 20.2 Å². The van der Waals surface area contributed by atoms with Gasteiger partial charge in [-0.15, -0.1) is 0 Å². The van der Waals surface area contributed by atoms with E-state index < -0.39 is 0 Å². The maximum atomic E-state index is 12.5. The molecule has 0 bridgehead atoms. The zero-order valence-corrected chi connectivity index (χ0v) is 14.2. The molecule has 0 aliphatic carbocycles. The van der Waals surface area contributed by atoms with E-state index in [2.05, 4.69) is 4.98 Å². The van der Waals surface area contributed by atoms with E-state index >= 15 is 0 Å². The molecule has 5 heteroatoms. The van der Waals surface area contributed by atoms with E-state index in [1.165, 1.54) is 0 Å². The highest BCUT2D eigenvalue weighted by molar-refractivity contribution is 5.95. The predicted octanol–water partition coefficient (Wildman–Crippen LogP) is 3.52. The van der Waals surface area contributed by atoms with E-state index in [4.69, 9.17) is 4.74 Å². The van der Waals surface area contributed by atoms with Crippen LogP contribution in [0.25, 0.3) is 16.7 Å². The first-order valence-corrected chi connectivity index (χ1v) is 8.09. The SMILES string of the molecule is CCN(CC)C(=O)c1ccc(-n2ccc3cccnc32)c(OC)c1. The number of hydrogen-bond acceptors (Lipinski definition) is 3. The van der Waals surface area contributed by atoms with Crippen LogP contribution in [0.15, 0.2) is 48.8 Å². The van der Waals surface area contributed by atoms with Crippen molar-refractivity contribution >= 4 is 16.9 Å². The molecule has 1 amide bonds. The van der Waals surface area contributed by atoms with Gasteiger partial charge in [0.05, 0.1) is 12.8 Å². The fraction of sp³-hybridized carbons (Fsp3) is 0.263. The lowest BCUT2D eigenvalue weighted by Gasteiger charge is -2.19. The van der Waals surface area contributed by atoms with Gasteiger partial charge in [0.25, 0.3) is 5.91 Å². The van der Waals surface area contributed by atoms with Crippen molar-refractivity contribution in [3.63, 3.8) is 0 Å². The fourth-order valence-electron chi connectivity index (χ4n) is 2.86. The van der Waals surface area contributed by atoms with Gasteiger partial charge in [-0.2, -0.15) is 0 Å². The Hall–Kier alpha value is -2.82. The van der Waals surface area contributed by atoms with Gasteiger partial charge in [0.1, 0.15) is 11.4 Å². The Morgan fingerprint density at radius 2 is 2.00 bits per heavy atom. The van der Waals surface area contributed by atoms with Crippen LogP contribution in [-0.2, 0) is 0 Å². The van der Waals surface area contributed by atoms with Gasteiger partial charge in [0.2, 0.25) is 0 Å². The highest BCUT2D eigenvalue weighted by atomic mass is 16.5. The first-order chi connectivity index (χ1) is 11.7. The molecule has 24 heavy (non-hydrogen) atoms. The normalized spacial score (nSPS) is 10.8. The van der Waals surface area contributed by atoms with Crippen molar-refractivity contribution in [3.8, 4) is 11.4 Å². The summed E-state index contributed by atoms with van der Waals surface area (Å²) in [4.78, 5) is 18.8. The Balaban J connectivity index is 2.06. The summed E-state index contributed by atoms with van der Waals surface area (Å²) >= 11 is 0. The van der Waals surface area contributed by atoms with Crippen LogP contribution in [0.4, 0.5) is 0 Å². The van der Waals surface area contributed by atoms with E-state index in [1.807, 2.05) is 54.9 Å². The third-order valence-corrected chi connectivity index (χ3v) is 4.19. The Bertz CT molecular complexity index is 866. The summed E-state index contributed by atoms with van der Waals surface area (Å²) in [5.41, 5.74) is 2.35. The van der Waals surface area contributed by atoms with E-state index in [1.54, 1.807) is 24.3 Å². The maximum Gasteiger partial charge on any atom is 0.253 e. The van der Waals surface area contributed by atoms with Crippen LogP contribution >= 0.6 is 0 Å². The number of methoxy groups -OCH3 is 1. The molecule has 2 heterocycles. The Kier molecular flexibility index (Phi) is 4.51. The number of rotatable bonds is 5. The molecule has 0 aliphatic heterocycles. The lowest BCUT2D eigenvalue weighted by Crippen LogP contribution is -2.30. The molecular formula is C19H21N3O2. The molecule has 0 unspecified atom stereocenters. The van der Waals surface area contributed by atoms with Crippen LogP contribution in [0.1, 0.15) is 24.2 Å². The average Bonchev–Trinajstić information content (AvgIpc) is 3.06. The Labute approximate surface area is 141 Å². The summed E-state index contributed by atoms with van der Waals surface area (Å²) in [6.07, 6.45) is 3.73. The highest BCUT2D eigenvalue weighted by Gasteiger charge is 2.16. The third-order valence-electron chi connectivity index (χ3n) is 4.19. The summed E-state index contributed by atoms with van der Waals surface area (Å²) < 4.78 is 7.51. The minimum absolute atomic E-state index is 0.0142. The van der Waals surface area contributed by atoms with Gasteiger partial charge in [-0.05, 0) is 50.2 Å². The molecule has 3 rings (SSSR count). The van der Waals surface area contributed by atoms with Crippen molar-refractivity contribution in [1.29, 1.82) is 0 Å². The largest absolute Gasteiger partial charge is 0.495 e. The molecule has 0 aliphatic rings. The lowest BCUT2D eigenvalue weighted by atomic mass is 10.1. The highest BCUT2D eigenvalue weighted by Crippen LogP contribution is 2.28. The second-order valence-electron chi connectivity index (χ2n) is 5.47. The zero-order valence-electron chi connectivity index (χ0n) is 14.2. The van der Waals surface area contributed by atoms with Gasteiger partial charge in [-0.25, -0.2) is 4.98 Å². The topological polar surface area (TPSA) is 47.4 Å². The first-order valence-electron chi connectivity index (χ1n) is 8.09. The number of fused-ring (bicyclic) bond motifs is 1. The Morgan fingerprint density at radius 3 is 2.71 bits per heavy atom. The van der Waals surface area contributed by atoms with E-state index in [-0.39, 0.29) is 5.91 Å². The molecule has 0 N–H and O–H groups in total. The van der Waals surface area contributed by atoms with Crippen molar-refractivity contribution in [2.24, 2.45) is 0 Å². The number of hydrogen-bond donors (Lipinski definition) is 0. The second kappa shape index (κ2) is 6.74. The number of nitrogens with zero attached hydrogens (tertiary/aromatic N) is 3. The molecule has 1 aromatic carbocycles. The summed E-state index contributed by atoms with van der Waals surface area (Å²) in [6.45, 7) is 5.33. The molecular weight excluding hydrogens is 302 g/mol. The number of pyridine rings is 1. The minimum atomic E-state index is 0.0142. The van der Waals surface area contributed by atoms with Crippen molar-refractivity contribution < 1.29 is 9.53 Å². The standard InChI is InChI=1S/C19H21N3O2/c1-4-21(5-2)19(23)15-8-9-16(17(13-15)24-3)22-12-10-14-7-6-11-20-18(14)22/h6-13H,4-5H2,1-3H3. The summed E-state index contributed by atoms with van der Waals surface area (Å²) in [7, 11) is 1.61. The summed E-state index contributed by atoms with van der Waals surface area (Å²) in [5, 5.41) is 1.06. The lowest BCUT2D eigenvalue weighted by molar-refractivity contribution is 0.0772. The zero-order chi connectivity index (χ0) is 17.1. The van der Waals surface area contributed by atoms with Crippen LogP contribution in [-0.4, -0.2) is 40.6 Å². The first kappa shape index (κ1) is 16.1. The molecule has 0 radical (unpaired) electrons. The van der Waals surface area contributed by atoms with Gasteiger partial charge in [-0.3, -0.25) is 9.36 Å². The van der Waals surface area contributed by atoms with Crippen LogP contribution in [0, 0.1) is 0 Å². The van der Waals surface area contributed by atoms with Crippen LogP contribution in [0.3, 0.4) is 0 Å². The minimum Gasteiger partial charge on any atom is -0.495 e. The number of carbonyl (C=O) groups excluding carboxylic acids is 1. The van der Waals surface area contributed by atoms with Gasteiger partial charge in [-0.1, -0.05) is 0 Å². The van der Waals surface area contributed by atoms with Crippen molar-refractivity contribution in [2.45, 2.75) is 13.8 Å². The number of benzene rings is 1. The van der Waals surface area contributed by atoms with Gasteiger partial charge in [0, 0.05) is 36.4 Å². The molecule has 0 atom stereocenters. The van der Waals surface area contributed by atoms with Gasteiger partial charge >= 0.3 is 0 Å². The molecule has 0 saturated heterocycles. The van der Waals surface area contributed by atoms with Crippen LogP contribution < -0.4 is 4.74 Å². The fourth-order valence-corrected chi connectivity index (χ4v) is 2.86. The molecule has 0 saturated carbocycles. The van der Waals surface area contributed by atoms with E-state index in [9.17, 15) is 4.79 Å². The smallest absolute Gasteiger partial charge is 0.253 e.